The predicted molar refractivity (Wildman–Crippen MR) is 106 cm³/mol. The zero-order chi connectivity index (χ0) is 19.9. The lowest BCUT2D eigenvalue weighted by atomic mass is 9.70. The molecule has 27 heavy (non-hydrogen) atoms. The van der Waals surface area contributed by atoms with Gasteiger partial charge < -0.3 is 9.66 Å². The van der Waals surface area contributed by atoms with Gasteiger partial charge in [-0.2, -0.15) is 0 Å². The summed E-state index contributed by atoms with van der Waals surface area (Å²) in [6.45, 7) is 3.83. The monoisotopic (exact) mass is 412 g/mol. The third-order valence-corrected chi connectivity index (χ3v) is 10.1. The number of Topliss-reactive ketones (excluding diaryl/α,β-unsaturated/α-hetero) is 1. The van der Waals surface area contributed by atoms with E-state index in [1.54, 1.807) is 12.1 Å². The molecule has 3 fully saturated rings. The molecule has 150 valence electrons. The Bertz CT molecular complexity index is 794. The van der Waals surface area contributed by atoms with Crippen LogP contribution in [0.3, 0.4) is 0 Å². The van der Waals surface area contributed by atoms with Crippen molar-refractivity contribution in [3.63, 3.8) is 0 Å². The summed E-state index contributed by atoms with van der Waals surface area (Å²) in [7, 11) is -3.84. The summed E-state index contributed by atoms with van der Waals surface area (Å²) in [5.41, 5.74) is -1.22. The molecule has 1 aromatic rings. The second kappa shape index (κ2) is 7.41. The third kappa shape index (κ3) is 4.05. The molecule has 5 nitrogen and oxygen atoms in total. The molecule has 4 rings (SSSR count). The van der Waals surface area contributed by atoms with Crippen LogP contribution in [0.2, 0.25) is 0 Å². The van der Waals surface area contributed by atoms with Gasteiger partial charge in [-0.3, -0.25) is 4.79 Å². The number of rotatable bonds is 3. The van der Waals surface area contributed by atoms with Crippen LogP contribution in [-0.4, -0.2) is 41.1 Å². The van der Waals surface area contributed by atoms with E-state index in [1.165, 1.54) is 29.2 Å². The van der Waals surface area contributed by atoms with E-state index in [0.717, 1.165) is 6.42 Å². The zero-order valence-electron chi connectivity index (χ0n) is 15.9. The van der Waals surface area contributed by atoms with Crippen LogP contribution in [0, 0.1) is 16.7 Å². The SMILES string of the molecule is CC1(C)C2CCC1(CS(=O)(=O)[O-])C(=O)C2.Oc1ccc([S+]2CCCC2)cc1. The highest BCUT2D eigenvalue weighted by molar-refractivity contribution is 7.97. The first kappa shape index (κ1) is 20.7. The number of hydrogen-bond donors (Lipinski definition) is 1. The largest absolute Gasteiger partial charge is 0.748 e. The Morgan fingerprint density at radius 2 is 1.78 bits per heavy atom. The van der Waals surface area contributed by atoms with E-state index >= 15 is 0 Å². The number of fused-ring (bicyclic) bond motifs is 2. The van der Waals surface area contributed by atoms with Gasteiger partial charge in [0.05, 0.1) is 15.9 Å². The van der Waals surface area contributed by atoms with Crippen molar-refractivity contribution in [3.05, 3.63) is 24.3 Å². The molecule has 2 unspecified atom stereocenters. The van der Waals surface area contributed by atoms with E-state index in [1.807, 2.05) is 13.8 Å². The van der Waals surface area contributed by atoms with Crippen molar-refractivity contribution in [2.75, 3.05) is 17.3 Å². The minimum atomic E-state index is -4.33. The molecule has 1 saturated heterocycles. The topological polar surface area (TPSA) is 94.5 Å². The fourth-order valence-corrected chi connectivity index (χ4v) is 8.52. The Kier molecular flexibility index (Phi) is 5.67. The van der Waals surface area contributed by atoms with Crippen LogP contribution in [0.25, 0.3) is 0 Å². The molecule has 1 aromatic carbocycles. The smallest absolute Gasteiger partial charge is 0.155 e. The molecule has 0 aromatic heterocycles. The van der Waals surface area contributed by atoms with Crippen molar-refractivity contribution in [2.24, 2.45) is 16.7 Å². The van der Waals surface area contributed by atoms with E-state index < -0.39 is 21.3 Å². The fraction of sp³-hybridized carbons (Fsp3) is 0.650. The second-order valence-electron chi connectivity index (χ2n) is 8.47. The lowest BCUT2D eigenvalue weighted by molar-refractivity contribution is -0.128. The zero-order valence-corrected chi connectivity index (χ0v) is 17.6. The molecule has 1 aliphatic heterocycles. The summed E-state index contributed by atoms with van der Waals surface area (Å²) in [4.78, 5) is 13.3. The standard InChI is InChI=1S/C10H16O4S.C10H12OS/c1-9(2)7-3-4-10(9,8(11)5-7)6-15(12,13)14;11-9-3-5-10(6-4-9)12-7-1-2-8-12/h7H,3-6H2,1-2H3,(H,12,13,14);3-6H,1-2,7-8H2. The summed E-state index contributed by atoms with van der Waals surface area (Å²) >= 11 is 0. The number of carbonyl (C=O) groups is 1. The van der Waals surface area contributed by atoms with Crippen LogP contribution in [0.5, 0.6) is 5.75 Å². The summed E-state index contributed by atoms with van der Waals surface area (Å²) in [6, 6.07) is 7.70. The molecule has 0 spiro atoms. The normalized spacial score (nSPS) is 29.6. The van der Waals surface area contributed by atoms with Gasteiger partial charge in [0.25, 0.3) is 0 Å². The van der Waals surface area contributed by atoms with Gasteiger partial charge in [0, 0.05) is 22.7 Å². The van der Waals surface area contributed by atoms with E-state index in [-0.39, 0.29) is 17.1 Å². The highest BCUT2D eigenvalue weighted by Gasteiger charge is 2.64. The number of carbonyl (C=O) groups excluding carboxylic acids is 1. The molecule has 3 aliphatic rings. The Hall–Kier alpha value is -1.05. The molecular formula is C20H28O5S2. The Morgan fingerprint density at radius 3 is 2.22 bits per heavy atom. The van der Waals surface area contributed by atoms with Crippen LogP contribution in [0.15, 0.2) is 29.2 Å². The van der Waals surface area contributed by atoms with Crippen molar-refractivity contribution in [2.45, 2.75) is 50.8 Å². The first-order valence-corrected chi connectivity index (χ1v) is 12.6. The highest BCUT2D eigenvalue weighted by Crippen LogP contribution is 2.64. The maximum absolute atomic E-state index is 11.8. The van der Waals surface area contributed by atoms with Gasteiger partial charge in [-0.25, -0.2) is 8.42 Å². The molecule has 1 N–H and O–H groups in total. The number of ketones is 1. The van der Waals surface area contributed by atoms with Crippen molar-refractivity contribution >= 4 is 26.8 Å². The molecule has 2 bridgehead atoms. The van der Waals surface area contributed by atoms with Crippen molar-refractivity contribution in [1.82, 2.24) is 0 Å². The lowest BCUT2D eigenvalue weighted by Crippen LogP contribution is -2.42. The van der Waals surface area contributed by atoms with Crippen LogP contribution in [0.4, 0.5) is 0 Å². The third-order valence-electron chi connectivity index (χ3n) is 6.76. The molecule has 0 radical (unpaired) electrons. The number of aromatic hydroxyl groups is 1. The van der Waals surface area contributed by atoms with Gasteiger partial charge in [-0.15, -0.1) is 0 Å². The van der Waals surface area contributed by atoms with E-state index in [2.05, 4.69) is 12.1 Å². The van der Waals surface area contributed by atoms with Crippen molar-refractivity contribution in [1.29, 1.82) is 0 Å². The Labute approximate surface area is 164 Å². The molecule has 7 heteroatoms. The van der Waals surface area contributed by atoms with Crippen LogP contribution < -0.4 is 0 Å². The minimum Gasteiger partial charge on any atom is -0.748 e. The van der Waals surface area contributed by atoms with Crippen molar-refractivity contribution < 1.29 is 22.9 Å². The lowest BCUT2D eigenvalue weighted by Gasteiger charge is -2.37. The highest BCUT2D eigenvalue weighted by atomic mass is 32.2. The quantitative estimate of drug-likeness (QED) is 0.608. The van der Waals surface area contributed by atoms with Gasteiger partial charge in [0.2, 0.25) is 0 Å². The first-order chi connectivity index (χ1) is 12.6. The van der Waals surface area contributed by atoms with E-state index in [9.17, 15) is 17.8 Å². The Morgan fingerprint density at radius 1 is 1.19 bits per heavy atom. The molecular weight excluding hydrogens is 384 g/mol. The van der Waals surface area contributed by atoms with Crippen LogP contribution in [0.1, 0.15) is 46.0 Å². The van der Waals surface area contributed by atoms with E-state index in [4.69, 9.17) is 5.11 Å². The molecule has 2 aliphatic carbocycles. The Balaban J connectivity index is 0.000000159. The van der Waals surface area contributed by atoms with E-state index in [0.29, 0.717) is 29.5 Å². The summed E-state index contributed by atoms with van der Waals surface area (Å²) < 4.78 is 32.7. The molecule has 2 atom stereocenters. The number of phenolic OH excluding ortho intramolecular Hbond substituents is 1. The van der Waals surface area contributed by atoms with Crippen LogP contribution >= 0.6 is 0 Å². The average molecular weight is 413 g/mol. The second-order valence-corrected chi connectivity index (χ2v) is 12.1. The molecule has 0 amide bonds. The number of phenols is 1. The summed E-state index contributed by atoms with van der Waals surface area (Å²) in [5.74, 6) is 2.80. The van der Waals surface area contributed by atoms with Gasteiger partial charge in [0.15, 0.2) is 4.90 Å². The first-order valence-electron chi connectivity index (χ1n) is 9.49. The van der Waals surface area contributed by atoms with Crippen molar-refractivity contribution in [3.8, 4) is 5.75 Å². The maximum atomic E-state index is 11.8. The summed E-state index contributed by atoms with van der Waals surface area (Å²) in [6.07, 6.45) is 4.63. The summed E-state index contributed by atoms with van der Waals surface area (Å²) in [5, 5.41) is 9.10. The van der Waals surface area contributed by atoms with Crippen LogP contribution in [-0.2, 0) is 25.8 Å². The molecule has 2 saturated carbocycles. The predicted octanol–water partition coefficient (Wildman–Crippen LogP) is 3.09. The molecule has 1 heterocycles. The average Bonchev–Trinajstić information content (AvgIpc) is 3.22. The van der Waals surface area contributed by atoms with Gasteiger partial charge in [0.1, 0.15) is 23.0 Å². The fourth-order valence-electron chi connectivity index (χ4n) is 4.94. The maximum Gasteiger partial charge on any atom is 0.155 e. The number of hydrogen-bond acceptors (Lipinski definition) is 5. The number of benzene rings is 1. The van der Waals surface area contributed by atoms with Gasteiger partial charge in [-0.05, 0) is 61.3 Å². The van der Waals surface area contributed by atoms with Gasteiger partial charge >= 0.3 is 0 Å². The minimum absolute atomic E-state index is 0.0248. The van der Waals surface area contributed by atoms with Gasteiger partial charge in [-0.1, -0.05) is 13.8 Å².